The maximum absolute atomic E-state index is 14.2. The molecule has 0 unspecified atom stereocenters. The standard InChI is InChI=1S/C20H29F2N5O2/c1-4-26-9-15(13(2)23-26)8-24(3)19(29)17-7-20(21,22)12-27(17)16-10-25(11-16)18(28)14-5-6-14/h9,14,16-17H,4-8,10-12H2,1-3H3/t17-/m0/s1. The highest BCUT2D eigenvalue weighted by atomic mass is 19.3. The molecule has 1 aromatic rings. The lowest BCUT2D eigenvalue weighted by Crippen LogP contribution is -2.64. The van der Waals surface area contributed by atoms with E-state index in [1.807, 2.05) is 20.0 Å². The number of nitrogens with zero attached hydrogens (tertiary/aromatic N) is 5. The van der Waals surface area contributed by atoms with Crippen LogP contribution >= 0.6 is 0 Å². The van der Waals surface area contributed by atoms with Crippen LogP contribution < -0.4 is 0 Å². The second-order valence-electron chi connectivity index (χ2n) is 8.71. The fraction of sp³-hybridized carbons (Fsp3) is 0.750. The van der Waals surface area contributed by atoms with Gasteiger partial charge in [-0.2, -0.15) is 5.10 Å². The number of aromatic nitrogens is 2. The van der Waals surface area contributed by atoms with Crippen LogP contribution in [0.1, 0.15) is 37.4 Å². The molecule has 1 atom stereocenters. The first-order valence-corrected chi connectivity index (χ1v) is 10.4. The summed E-state index contributed by atoms with van der Waals surface area (Å²) in [4.78, 5) is 30.1. The molecular formula is C20H29F2N5O2. The van der Waals surface area contributed by atoms with Gasteiger partial charge < -0.3 is 9.80 Å². The zero-order chi connectivity index (χ0) is 20.9. The number of halogens is 2. The summed E-state index contributed by atoms with van der Waals surface area (Å²) >= 11 is 0. The summed E-state index contributed by atoms with van der Waals surface area (Å²) in [5.74, 6) is -2.91. The number of alkyl halides is 2. The number of carbonyl (C=O) groups excluding carboxylic acids is 2. The summed E-state index contributed by atoms with van der Waals surface area (Å²) in [6.45, 7) is 5.42. The molecule has 160 valence electrons. The number of likely N-dealkylation sites (N-methyl/N-ethyl adjacent to an activating group) is 1. The summed E-state index contributed by atoms with van der Waals surface area (Å²) in [5.41, 5.74) is 1.76. The summed E-state index contributed by atoms with van der Waals surface area (Å²) < 4.78 is 30.2. The highest BCUT2D eigenvalue weighted by molar-refractivity contribution is 5.83. The molecule has 2 saturated heterocycles. The number of rotatable bonds is 6. The SMILES string of the molecule is CCn1cc(CN(C)C(=O)[C@@H]2CC(F)(F)CN2C2CN(C(=O)C3CC3)C2)c(C)n1. The van der Waals surface area contributed by atoms with Crippen molar-refractivity contribution >= 4 is 11.8 Å². The summed E-state index contributed by atoms with van der Waals surface area (Å²) in [7, 11) is 1.66. The Bertz CT molecular complexity index is 801. The van der Waals surface area contributed by atoms with Gasteiger partial charge in [0.2, 0.25) is 11.8 Å². The molecule has 2 amide bonds. The minimum absolute atomic E-state index is 0.131. The number of amides is 2. The van der Waals surface area contributed by atoms with E-state index in [0.717, 1.165) is 30.6 Å². The van der Waals surface area contributed by atoms with Crippen molar-refractivity contribution in [1.82, 2.24) is 24.5 Å². The van der Waals surface area contributed by atoms with Crippen molar-refractivity contribution in [2.45, 2.75) is 64.2 Å². The molecule has 7 nitrogen and oxygen atoms in total. The molecule has 0 radical (unpaired) electrons. The number of hydrogen-bond acceptors (Lipinski definition) is 4. The van der Waals surface area contributed by atoms with Crippen molar-refractivity contribution in [3.8, 4) is 0 Å². The normalized spacial score (nSPS) is 24.6. The van der Waals surface area contributed by atoms with Crippen LogP contribution in [0.2, 0.25) is 0 Å². The average Bonchev–Trinajstić information content (AvgIpc) is 3.35. The van der Waals surface area contributed by atoms with Gasteiger partial charge in [0.1, 0.15) is 0 Å². The lowest BCUT2D eigenvalue weighted by Gasteiger charge is -2.46. The lowest BCUT2D eigenvalue weighted by atomic mass is 10.0. The van der Waals surface area contributed by atoms with Crippen molar-refractivity contribution in [2.75, 3.05) is 26.7 Å². The van der Waals surface area contributed by atoms with E-state index < -0.39 is 24.9 Å². The molecule has 1 saturated carbocycles. The quantitative estimate of drug-likeness (QED) is 0.715. The minimum Gasteiger partial charge on any atom is -0.340 e. The predicted molar refractivity (Wildman–Crippen MR) is 102 cm³/mol. The molecule has 4 rings (SSSR count). The van der Waals surface area contributed by atoms with Gasteiger partial charge in [-0.15, -0.1) is 0 Å². The Kier molecular flexibility index (Phi) is 5.13. The summed E-state index contributed by atoms with van der Waals surface area (Å²) in [5, 5.41) is 4.38. The topological polar surface area (TPSA) is 61.7 Å². The Labute approximate surface area is 169 Å². The van der Waals surface area contributed by atoms with Crippen LogP contribution in [0, 0.1) is 12.8 Å². The van der Waals surface area contributed by atoms with E-state index in [2.05, 4.69) is 5.10 Å². The predicted octanol–water partition coefficient (Wildman–Crippen LogP) is 1.50. The van der Waals surface area contributed by atoms with Gasteiger partial charge >= 0.3 is 0 Å². The van der Waals surface area contributed by atoms with Gasteiger partial charge in [0.15, 0.2) is 0 Å². The number of likely N-dealkylation sites (tertiary alicyclic amines) is 2. The van der Waals surface area contributed by atoms with Gasteiger partial charge in [-0.05, 0) is 26.7 Å². The third-order valence-electron chi connectivity index (χ3n) is 6.32. The highest BCUT2D eigenvalue weighted by Crippen LogP contribution is 2.38. The Morgan fingerprint density at radius 2 is 2.00 bits per heavy atom. The average molecular weight is 409 g/mol. The Balaban J connectivity index is 1.41. The minimum atomic E-state index is -2.88. The van der Waals surface area contributed by atoms with Crippen LogP contribution in [0.4, 0.5) is 8.78 Å². The first kappa shape index (κ1) is 20.3. The smallest absolute Gasteiger partial charge is 0.262 e. The third-order valence-corrected chi connectivity index (χ3v) is 6.32. The van der Waals surface area contributed by atoms with E-state index in [0.29, 0.717) is 19.6 Å². The fourth-order valence-electron chi connectivity index (χ4n) is 4.35. The molecule has 2 aliphatic heterocycles. The van der Waals surface area contributed by atoms with Crippen molar-refractivity contribution in [3.63, 3.8) is 0 Å². The van der Waals surface area contributed by atoms with Gasteiger partial charge in [0.25, 0.3) is 5.92 Å². The van der Waals surface area contributed by atoms with Crippen molar-refractivity contribution in [2.24, 2.45) is 5.92 Å². The fourth-order valence-corrected chi connectivity index (χ4v) is 4.35. The van der Waals surface area contributed by atoms with Gasteiger partial charge in [-0.3, -0.25) is 19.2 Å². The molecule has 0 bridgehead atoms. The first-order valence-electron chi connectivity index (χ1n) is 10.4. The Morgan fingerprint density at radius 1 is 1.31 bits per heavy atom. The molecule has 0 spiro atoms. The molecule has 29 heavy (non-hydrogen) atoms. The first-order chi connectivity index (χ1) is 13.7. The van der Waals surface area contributed by atoms with E-state index in [1.54, 1.807) is 21.5 Å². The molecule has 3 fully saturated rings. The Hall–Kier alpha value is -2.03. The molecule has 3 aliphatic rings. The van der Waals surface area contributed by atoms with Crippen molar-refractivity contribution in [3.05, 3.63) is 17.5 Å². The largest absolute Gasteiger partial charge is 0.340 e. The van der Waals surface area contributed by atoms with E-state index in [4.69, 9.17) is 0 Å². The monoisotopic (exact) mass is 409 g/mol. The highest BCUT2D eigenvalue weighted by Gasteiger charge is 2.53. The van der Waals surface area contributed by atoms with E-state index in [1.165, 1.54) is 4.90 Å². The summed E-state index contributed by atoms with van der Waals surface area (Å²) in [6.07, 6.45) is 3.30. The van der Waals surface area contributed by atoms with Crippen LogP contribution in [0.3, 0.4) is 0 Å². The zero-order valence-corrected chi connectivity index (χ0v) is 17.3. The van der Waals surface area contributed by atoms with E-state index in [9.17, 15) is 18.4 Å². The van der Waals surface area contributed by atoms with E-state index in [-0.39, 0.29) is 23.8 Å². The zero-order valence-electron chi connectivity index (χ0n) is 17.3. The Morgan fingerprint density at radius 3 is 2.59 bits per heavy atom. The van der Waals surface area contributed by atoms with Crippen molar-refractivity contribution < 1.29 is 18.4 Å². The van der Waals surface area contributed by atoms with Gasteiger partial charge in [-0.1, -0.05) is 0 Å². The molecular weight excluding hydrogens is 380 g/mol. The van der Waals surface area contributed by atoms with Crippen LogP contribution in [0.15, 0.2) is 6.20 Å². The van der Waals surface area contributed by atoms with Crippen LogP contribution in [-0.4, -0.2) is 81.0 Å². The molecule has 9 heteroatoms. The van der Waals surface area contributed by atoms with Gasteiger partial charge in [0, 0.05) is 63.4 Å². The van der Waals surface area contributed by atoms with Crippen LogP contribution in [0.25, 0.3) is 0 Å². The third kappa shape index (κ3) is 4.01. The maximum atomic E-state index is 14.2. The van der Waals surface area contributed by atoms with E-state index >= 15 is 0 Å². The molecule has 1 aliphatic carbocycles. The molecule has 0 N–H and O–H groups in total. The van der Waals surface area contributed by atoms with Crippen LogP contribution in [-0.2, 0) is 22.7 Å². The van der Waals surface area contributed by atoms with Crippen molar-refractivity contribution in [1.29, 1.82) is 0 Å². The second kappa shape index (κ2) is 7.34. The second-order valence-corrected chi connectivity index (χ2v) is 8.71. The molecule has 1 aromatic heterocycles. The number of hydrogen-bond donors (Lipinski definition) is 0. The summed E-state index contributed by atoms with van der Waals surface area (Å²) in [6, 6.07) is -1.02. The maximum Gasteiger partial charge on any atom is 0.262 e. The number of carbonyl (C=O) groups is 2. The lowest BCUT2D eigenvalue weighted by molar-refractivity contribution is -0.143. The molecule has 0 aromatic carbocycles. The van der Waals surface area contributed by atoms with Crippen LogP contribution in [0.5, 0.6) is 0 Å². The number of aryl methyl sites for hydroxylation is 2. The van der Waals surface area contributed by atoms with Gasteiger partial charge in [-0.25, -0.2) is 8.78 Å². The molecule has 3 heterocycles. The van der Waals surface area contributed by atoms with Gasteiger partial charge in [0.05, 0.1) is 18.3 Å².